The molecule has 1 aliphatic carbocycles. The molecule has 0 bridgehead atoms. The number of aryl methyl sites for hydroxylation is 1. The maximum Gasteiger partial charge on any atom is 0.248 e. The van der Waals surface area contributed by atoms with Crippen LogP contribution < -0.4 is 25.4 Å². The van der Waals surface area contributed by atoms with E-state index in [4.69, 9.17) is 31.8 Å². The van der Waals surface area contributed by atoms with E-state index in [9.17, 15) is 4.79 Å². The second-order valence-corrected chi connectivity index (χ2v) is 8.83. The lowest BCUT2D eigenvalue weighted by Crippen LogP contribution is -2.34. The molecule has 1 saturated carbocycles. The quantitative estimate of drug-likeness (QED) is 0.440. The van der Waals surface area contributed by atoms with E-state index in [0.29, 0.717) is 23.7 Å². The van der Waals surface area contributed by atoms with Gasteiger partial charge >= 0.3 is 0 Å². The summed E-state index contributed by atoms with van der Waals surface area (Å²) in [5.41, 5.74) is 8.39. The summed E-state index contributed by atoms with van der Waals surface area (Å²) in [7, 11) is 3.27. The highest BCUT2D eigenvalue weighted by Gasteiger charge is 2.27. The Morgan fingerprint density at radius 1 is 1.11 bits per heavy atom. The summed E-state index contributed by atoms with van der Waals surface area (Å²) < 4.78 is 11.0. The van der Waals surface area contributed by atoms with Gasteiger partial charge in [-0.1, -0.05) is 18.9 Å². The molecule has 3 aromatic rings. The van der Waals surface area contributed by atoms with Crippen molar-refractivity contribution in [1.29, 1.82) is 0 Å². The van der Waals surface area contributed by atoms with E-state index < -0.39 is 5.91 Å². The predicted molar refractivity (Wildman–Crippen MR) is 136 cm³/mol. The molecule has 184 valence electrons. The van der Waals surface area contributed by atoms with Crippen LogP contribution in [0, 0.1) is 6.92 Å². The zero-order valence-corrected chi connectivity index (χ0v) is 20.8. The van der Waals surface area contributed by atoms with Crippen molar-refractivity contribution in [2.75, 3.05) is 24.4 Å². The number of rotatable bonds is 9. The molecule has 1 amide bonds. The van der Waals surface area contributed by atoms with Crippen LogP contribution in [0.4, 0.5) is 17.6 Å². The second-order valence-electron chi connectivity index (χ2n) is 8.49. The number of nitrogens with two attached hydrogens (primary N) is 1. The zero-order chi connectivity index (χ0) is 24.9. The van der Waals surface area contributed by atoms with Crippen LogP contribution in [0.1, 0.15) is 47.2 Å². The van der Waals surface area contributed by atoms with Crippen LogP contribution in [-0.2, 0) is 6.54 Å². The van der Waals surface area contributed by atoms with Gasteiger partial charge in [-0.2, -0.15) is 15.0 Å². The van der Waals surface area contributed by atoms with Gasteiger partial charge in [0.15, 0.2) is 0 Å². The SMILES string of the molecule is COc1ccc(CN(c2nc(Cl)nc(Nc3cc(C(N)=O)ccc3C)n2)C2CCCC2)c(OC)c1. The average Bonchev–Trinajstić information content (AvgIpc) is 3.38. The van der Waals surface area contributed by atoms with Crippen LogP contribution in [0.2, 0.25) is 5.28 Å². The minimum Gasteiger partial charge on any atom is -0.497 e. The Kier molecular flexibility index (Phi) is 7.55. The Labute approximate surface area is 209 Å². The van der Waals surface area contributed by atoms with Gasteiger partial charge in [-0.15, -0.1) is 0 Å². The number of nitrogens with one attached hydrogen (secondary N) is 1. The number of aromatic nitrogens is 3. The number of amides is 1. The molecule has 0 spiro atoms. The fraction of sp³-hybridized carbons (Fsp3) is 0.360. The van der Waals surface area contributed by atoms with E-state index in [-0.39, 0.29) is 17.3 Å². The van der Waals surface area contributed by atoms with Crippen LogP contribution in [0.3, 0.4) is 0 Å². The third-order valence-corrected chi connectivity index (χ3v) is 6.39. The lowest BCUT2D eigenvalue weighted by molar-refractivity contribution is 0.100. The van der Waals surface area contributed by atoms with E-state index in [1.807, 2.05) is 31.2 Å². The number of hydrogen-bond acceptors (Lipinski definition) is 8. The molecule has 0 radical (unpaired) electrons. The highest BCUT2D eigenvalue weighted by molar-refractivity contribution is 6.28. The molecular formula is C25H29ClN6O3. The van der Waals surface area contributed by atoms with Gasteiger partial charge < -0.3 is 25.4 Å². The molecule has 1 aliphatic rings. The summed E-state index contributed by atoms with van der Waals surface area (Å²) >= 11 is 6.35. The Bertz CT molecular complexity index is 1220. The van der Waals surface area contributed by atoms with Crippen molar-refractivity contribution in [3.05, 3.63) is 58.4 Å². The predicted octanol–water partition coefficient (Wildman–Crippen LogP) is 4.64. The molecule has 0 aliphatic heterocycles. The molecule has 2 aromatic carbocycles. The molecule has 1 fully saturated rings. The van der Waals surface area contributed by atoms with Gasteiger partial charge in [0.25, 0.3) is 0 Å². The van der Waals surface area contributed by atoms with Crippen molar-refractivity contribution >= 4 is 35.1 Å². The van der Waals surface area contributed by atoms with Gasteiger partial charge in [-0.3, -0.25) is 4.79 Å². The summed E-state index contributed by atoms with van der Waals surface area (Å²) in [4.78, 5) is 27.2. The Morgan fingerprint density at radius 3 is 2.57 bits per heavy atom. The fourth-order valence-corrected chi connectivity index (χ4v) is 4.46. The lowest BCUT2D eigenvalue weighted by atomic mass is 10.1. The number of anilines is 3. The van der Waals surface area contributed by atoms with Gasteiger partial charge in [0, 0.05) is 35.5 Å². The largest absolute Gasteiger partial charge is 0.497 e. The van der Waals surface area contributed by atoms with Crippen molar-refractivity contribution in [1.82, 2.24) is 15.0 Å². The van der Waals surface area contributed by atoms with E-state index in [1.165, 1.54) is 0 Å². The maximum atomic E-state index is 11.6. The third-order valence-electron chi connectivity index (χ3n) is 6.22. The molecule has 1 aromatic heterocycles. The van der Waals surface area contributed by atoms with Gasteiger partial charge in [-0.25, -0.2) is 0 Å². The van der Waals surface area contributed by atoms with Crippen molar-refractivity contribution in [3.8, 4) is 11.5 Å². The smallest absolute Gasteiger partial charge is 0.248 e. The second kappa shape index (κ2) is 10.8. The molecule has 4 rings (SSSR count). The van der Waals surface area contributed by atoms with Gasteiger partial charge in [0.2, 0.25) is 23.1 Å². The number of ether oxygens (including phenoxy) is 2. The first-order valence-electron chi connectivity index (χ1n) is 11.4. The molecule has 10 heteroatoms. The molecule has 3 N–H and O–H groups in total. The van der Waals surface area contributed by atoms with Crippen molar-refractivity contribution in [2.24, 2.45) is 5.73 Å². The molecule has 1 heterocycles. The number of nitrogens with zero attached hydrogens (tertiary/aromatic N) is 4. The van der Waals surface area contributed by atoms with Gasteiger partial charge in [0.1, 0.15) is 11.5 Å². The Balaban J connectivity index is 1.69. The maximum absolute atomic E-state index is 11.6. The minimum absolute atomic E-state index is 0.0749. The summed E-state index contributed by atoms with van der Waals surface area (Å²) in [5.74, 6) is 1.70. The van der Waals surface area contributed by atoms with Crippen molar-refractivity contribution in [3.63, 3.8) is 0 Å². The average molecular weight is 497 g/mol. The minimum atomic E-state index is -0.511. The molecule has 35 heavy (non-hydrogen) atoms. The summed E-state index contributed by atoms with van der Waals surface area (Å²) in [6.45, 7) is 2.45. The highest BCUT2D eigenvalue weighted by atomic mass is 35.5. The number of halogens is 1. The lowest BCUT2D eigenvalue weighted by Gasteiger charge is -2.30. The molecule has 0 unspecified atom stereocenters. The van der Waals surface area contributed by atoms with Crippen molar-refractivity contribution in [2.45, 2.75) is 45.2 Å². The van der Waals surface area contributed by atoms with Crippen LogP contribution in [-0.4, -0.2) is 41.1 Å². The fourth-order valence-electron chi connectivity index (χ4n) is 4.30. The Hall–Kier alpha value is -3.59. The third kappa shape index (κ3) is 5.74. The number of primary amides is 1. The normalized spacial score (nSPS) is 13.5. The van der Waals surface area contributed by atoms with E-state index >= 15 is 0 Å². The summed E-state index contributed by atoms with van der Waals surface area (Å²) in [6, 6.07) is 11.2. The van der Waals surface area contributed by atoms with E-state index in [1.54, 1.807) is 26.4 Å². The summed E-state index contributed by atoms with van der Waals surface area (Å²) in [6.07, 6.45) is 4.35. The Morgan fingerprint density at radius 2 is 1.89 bits per heavy atom. The first kappa shape index (κ1) is 24.5. The first-order chi connectivity index (χ1) is 16.9. The number of hydrogen-bond donors (Lipinski definition) is 2. The van der Waals surface area contributed by atoms with Crippen LogP contribution in [0.15, 0.2) is 36.4 Å². The zero-order valence-electron chi connectivity index (χ0n) is 20.0. The van der Waals surface area contributed by atoms with E-state index in [0.717, 1.165) is 48.3 Å². The number of carbonyl (C=O) groups is 1. The standard InChI is InChI=1S/C25H29ClN6O3/c1-15-8-9-16(22(27)33)12-20(15)28-24-29-23(26)30-25(31-24)32(18-6-4-5-7-18)14-17-10-11-19(34-2)13-21(17)35-3/h8-13,18H,4-7,14H2,1-3H3,(H2,27,33)(H,28,29,30,31). The number of methoxy groups -OCH3 is 2. The van der Waals surface area contributed by atoms with Crippen molar-refractivity contribution < 1.29 is 14.3 Å². The molecule has 0 saturated heterocycles. The number of benzene rings is 2. The highest BCUT2D eigenvalue weighted by Crippen LogP contribution is 2.32. The van der Waals surface area contributed by atoms with Crippen LogP contribution in [0.25, 0.3) is 0 Å². The molecular weight excluding hydrogens is 468 g/mol. The topological polar surface area (TPSA) is 115 Å². The van der Waals surface area contributed by atoms with Gasteiger partial charge in [-0.05, 0) is 61.2 Å². The molecule has 9 nitrogen and oxygen atoms in total. The van der Waals surface area contributed by atoms with Crippen LogP contribution in [0.5, 0.6) is 11.5 Å². The monoisotopic (exact) mass is 496 g/mol. The summed E-state index contributed by atoms with van der Waals surface area (Å²) in [5, 5.41) is 3.25. The number of carbonyl (C=O) groups excluding carboxylic acids is 1. The molecule has 0 atom stereocenters. The van der Waals surface area contributed by atoms with E-state index in [2.05, 4.69) is 20.2 Å². The van der Waals surface area contributed by atoms with Crippen LogP contribution >= 0.6 is 11.6 Å². The first-order valence-corrected chi connectivity index (χ1v) is 11.8. The van der Waals surface area contributed by atoms with Gasteiger partial charge in [0.05, 0.1) is 14.2 Å².